The quantitative estimate of drug-likeness (QED) is 0.805. The minimum absolute atomic E-state index is 0.171. The predicted octanol–water partition coefficient (Wildman–Crippen LogP) is 0.476. The lowest BCUT2D eigenvalue weighted by Crippen LogP contribution is -2.37. The van der Waals surface area contributed by atoms with Crippen LogP contribution in [-0.2, 0) is 6.54 Å². The van der Waals surface area contributed by atoms with E-state index in [-0.39, 0.29) is 6.54 Å². The molecule has 0 aromatic carbocycles. The highest BCUT2D eigenvalue weighted by molar-refractivity contribution is 6.29. The lowest BCUT2D eigenvalue weighted by Gasteiger charge is -2.04. The molecule has 6 nitrogen and oxygen atoms in total. The van der Waals surface area contributed by atoms with Crippen LogP contribution in [-0.4, -0.2) is 19.5 Å². The van der Waals surface area contributed by atoms with Crippen LogP contribution < -0.4 is 11.2 Å². The summed E-state index contributed by atoms with van der Waals surface area (Å²) in [5.74, 6) is -1.20. The van der Waals surface area contributed by atoms with Crippen molar-refractivity contribution in [2.24, 2.45) is 0 Å². The number of aromatic amines is 1. The minimum atomic E-state index is -1.20. The highest BCUT2D eigenvalue weighted by Gasteiger charge is 2.12. The van der Waals surface area contributed by atoms with Crippen molar-refractivity contribution in [3.8, 4) is 0 Å². The Morgan fingerprint density at radius 2 is 2.11 bits per heavy atom. The van der Waals surface area contributed by atoms with Gasteiger partial charge in [0.2, 0.25) is 5.82 Å². The van der Waals surface area contributed by atoms with Gasteiger partial charge in [-0.1, -0.05) is 11.6 Å². The van der Waals surface area contributed by atoms with Gasteiger partial charge in [0, 0.05) is 6.20 Å². The van der Waals surface area contributed by atoms with Crippen LogP contribution in [0.25, 0.3) is 0 Å². The summed E-state index contributed by atoms with van der Waals surface area (Å²) >= 11 is 5.34. The third-order valence-electron chi connectivity index (χ3n) is 2.24. The topological polar surface area (TPSA) is 80.6 Å². The Morgan fingerprint density at radius 3 is 2.72 bits per heavy atom. The Morgan fingerprint density at radius 1 is 1.39 bits per heavy atom. The Balaban J connectivity index is 2.47. The van der Waals surface area contributed by atoms with Gasteiger partial charge in [0.05, 0.1) is 24.1 Å². The van der Waals surface area contributed by atoms with Crippen molar-refractivity contribution < 1.29 is 4.39 Å². The van der Waals surface area contributed by atoms with Crippen molar-refractivity contribution in [2.75, 3.05) is 0 Å². The second-order valence-electron chi connectivity index (χ2n) is 3.60. The van der Waals surface area contributed by atoms with E-state index in [4.69, 9.17) is 11.6 Å². The van der Waals surface area contributed by atoms with Crippen molar-refractivity contribution in [1.82, 2.24) is 19.5 Å². The van der Waals surface area contributed by atoms with Gasteiger partial charge in [0.1, 0.15) is 0 Å². The van der Waals surface area contributed by atoms with Gasteiger partial charge in [-0.2, -0.15) is 4.39 Å². The van der Waals surface area contributed by atoms with Crippen molar-refractivity contribution in [2.45, 2.75) is 13.5 Å². The first kappa shape index (κ1) is 12.4. The zero-order valence-electron chi connectivity index (χ0n) is 9.28. The van der Waals surface area contributed by atoms with Crippen molar-refractivity contribution in [3.05, 3.63) is 55.6 Å². The number of rotatable bonds is 2. The van der Waals surface area contributed by atoms with Crippen LogP contribution in [0, 0.1) is 12.7 Å². The Kier molecular flexibility index (Phi) is 3.24. The normalized spacial score (nSPS) is 10.6. The third kappa shape index (κ3) is 2.30. The van der Waals surface area contributed by atoms with Gasteiger partial charge >= 0.3 is 5.69 Å². The molecular formula is C10H8ClFN4O2. The Labute approximate surface area is 105 Å². The summed E-state index contributed by atoms with van der Waals surface area (Å²) < 4.78 is 13.9. The van der Waals surface area contributed by atoms with Gasteiger partial charge in [0.15, 0.2) is 5.15 Å². The number of aromatic nitrogens is 4. The van der Waals surface area contributed by atoms with Crippen molar-refractivity contribution in [3.63, 3.8) is 0 Å². The largest absolute Gasteiger partial charge is 0.330 e. The first-order valence-electron chi connectivity index (χ1n) is 4.94. The van der Waals surface area contributed by atoms with Gasteiger partial charge in [-0.25, -0.2) is 4.79 Å². The van der Waals surface area contributed by atoms with Gasteiger partial charge in [-0.15, -0.1) is 0 Å². The average Bonchev–Trinajstić information content (AvgIpc) is 2.34. The Bertz CT molecular complexity index is 693. The Hall–Kier alpha value is -2.02. The molecule has 0 unspecified atom stereocenters. The van der Waals surface area contributed by atoms with E-state index in [9.17, 15) is 14.0 Å². The highest BCUT2D eigenvalue weighted by atomic mass is 35.5. The first-order chi connectivity index (χ1) is 8.49. The van der Waals surface area contributed by atoms with E-state index >= 15 is 0 Å². The van der Waals surface area contributed by atoms with Crippen molar-refractivity contribution in [1.29, 1.82) is 0 Å². The van der Waals surface area contributed by atoms with E-state index in [0.717, 1.165) is 0 Å². The fraction of sp³-hybridized carbons (Fsp3) is 0.200. The number of H-pyrrole nitrogens is 1. The highest BCUT2D eigenvalue weighted by Crippen LogP contribution is 2.03. The second-order valence-corrected chi connectivity index (χ2v) is 3.98. The summed E-state index contributed by atoms with van der Waals surface area (Å²) in [4.78, 5) is 33.0. The average molecular weight is 271 g/mol. The molecule has 0 radical (unpaired) electrons. The molecule has 0 saturated heterocycles. The van der Waals surface area contributed by atoms with Crippen molar-refractivity contribution >= 4 is 11.6 Å². The van der Waals surface area contributed by atoms with E-state index in [1.54, 1.807) is 6.92 Å². The summed E-state index contributed by atoms with van der Waals surface area (Å²) in [6, 6.07) is 0. The fourth-order valence-electron chi connectivity index (χ4n) is 1.33. The molecular weight excluding hydrogens is 263 g/mol. The lowest BCUT2D eigenvalue weighted by molar-refractivity contribution is 0.555. The smallest absolute Gasteiger partial charge is 0.295 e. The molecule has 1 N–H and O–H groups in total. The van der Waals surface area contributed by atoms with Gasteiger partial charge in [-0.3, -0.25) is 24.3 Å². The maximum Gasteiger partial charge on any atom is 0.330 e. The number of hydrogen-bond acceptors (Lipinski definition) is 4. The molecule has 0 spiro atoms. The zero-order valence-corrected chi connectivity index (χ0v) is 10.0. The molecule has 0 aliphatic heterocycles. The van der Waals surface area contributed by atoms with E-state index in [1.165, 1.54) is 12.4 Å². The molecule has 2 aromatic heterocycles. The molecule has 0 atom stereocenters. The molecule has 2 aromatic rings. The molecule has 0 fully saturated rings. The summed E-state index contributed by atoms with van der Waals surface area (Å²) in [5.41, 5.74) is -0.822. The molecule has 2 heterocycles. The number of halogens is 2. The lowest BCUT2D eigenvalue weighted by atomic mass is 10.4. The van der Waals surface area contributed by atoms with E-state index in [0.29, 0.717) is 16.0 Å². The first-order valence-corrected chi connectivity index (χ1v) is 5.32. The molecule has 18 heavy (non-hydrogen) atoms. The number of aryl methyl sites for hydroxylation is 1. The molecule has 0 saturated carbocycles. The maximum absolute atomic E-state index is 13.3. The van der Waals surface area contributed by atoms with Crippen LogP contribution in [0.4, 0.5) is 4.39 Å². The standard InChI is InChI=1S/C10H8ClFN4O2/c1-5-2-14-6(3-13-5)4-16-9(17)7(12)8(11)15-10(16)18/h2-3H,4H2,1H3,(H,15,18). The third-order valence-corrected chi connectivity index (χ3v) is 2.50. The second kappa shape index (κ2) is 4.69. The number of nitrogens with zero attached hydrogens (tertiary/aromatic N) is 3. The molecule has 0 aliphatic rings. The van der Waals surface area contributed by atoms with Gasteiger partial charge < -0.3 is 0 Å². The summed E-state index contributed by atoms with van der Waals surface area (Å²) in [5, 5.41) is -0.601. The summed E-state index contributed by atoms with van der Waals surface area (Å²) in [6.45, 7) is 1.58. The fourth-order valence-corrected chi connectivity index (χ4v) is 1.49. The monoisotopic (exact) mass is 270 g/mol. The van der Waals surface area contributed by atoms with E-state index < -0.39 is 22.2 Å². The van der Waals surface area contributed by atoms with Crippen LogP contribution in [0.3, 0.4) is 0 Å². The van der Waals surface area contributed by atoms with Gasteiger partial charge in [-0.05, 0) is 6.92 Å². The van der Waals surface area contributed by atoms with E-state index in [1.807, 2.05) is 4.98 Å². The van der Waals surface area contributed by atoms with Crippen LogP contribution in [0.15, 0.2) is 22.0 Å². The van der Waals surface area contributed by atoms with E-state index in [2.05, 4.69) is 9.97 Å². The van der Waals surface area contributed by atoms with Crippen LogP contribution in [0.2, 0.25) is 5.15 Å². The SMILES string of the molecule is Cc1cnc(Cn2c(=O)[nH]c(Cl)c(F)c2=O)cn1. The predicted molar refractivity (Wildman–Crippen MR) is 62.2 cm³/mol. The minimum Gasteiger partial charge on any atom is -0.295 e. The molecule has 0 aliphatic carbocycles. The van der Waals surface area contributed by atoms with Crippen LogP contribution in [0.5, 0.6) is 0 Å². The molecule has 8 heteroatoms. The molecule has 2 rings (SSSR count). The summed E-state index contributed by atoms with van der Waals surface area (Å²) in [6.07, 6.45) is 2.90. The molecule has 0 amide bonds. The maximum atomic E-state index is 13.3. The number of nitrogens with one attached hydrogen (secondary N) is 1. The molecule has 0 bridgehead atoms. The number of hydrogen-bond donors (Lipinski definition) is 1. The molecule has 94 valence electrons. The van der Waals surface area contributed by atoms with Crippen LogP contribution in [0.1, 0.15) is 11.4 Å². The van der Waals surface area contributed by atoms with Crippen LogP contribution >= 0.6 is 11.6 Å². The summed E-state index contributed by atoms with van der Waals surface area (Å²) in [7, 11) is 0. The van der Waals surface area contributed by atoms with Gasteiger partial charge in [0.25, 0.3) is 5.56 Å². The zero-order chi connectivity index (χ0) is 13.3.